The van der Waals surface area contributed by atoms with Gasteiger partial charge in [-0.05, 0) is 128 Å². The Morgan fingerprint density at radius 1 is 0.383 bits per heavy atom. The van der Waals surface area contributed by atoms with Gasteiger partial charge in [-0.1, -0.05) is 141 Å². The largest absolute Gasteiger partial charge is 0.456 e. The van der Waals surface area contributed by atoms with Crippen LogP contribution in [-0.4, -0.2) is 0 Å². The summed E-state index contributed by atoms with van der Waals surface area (Å²) in [7, 11) is 0. The minimum Gasteiger partial charge on any atom is -0.456 e. The van der Waals surface area contributed by atoms with Crippen LogP contribution in [0.2, 0.25) is 0 Å². The highest BCUT2D eigenvalue weighted by molar-refractivity contribution is 7.25. The summed E-state index contributed by atoms with van der Waals surface area (Å²) in [6.45, 7) is 4.68. The Kier molecular flexibility index (Phi) is 7.79. The molecule has 2 nitrogen and oxygen atoms in total. The number of hydrogen-bond donors (Lipinski definition) is 0. The van der Waals surface area contributed by atoms with Crippen molar-refractivity contribution in [3.8, 4) is 44.5 Å². The number of thiophene rings is 1. The van der Waals surface area contributed by atoms with Crippen LogP contribution in [0.15, 0.2) is 205 Å². The molecule has 11 aromatic rings. The Balaban J connectivity index is 0.962. The SMILES string of the molecule is CC1(C)c2ccccc2-c2cc(-c3cccc(N(c4ccc(-c5ccc6sc7ccccc7c6c5)cc4)c4ccc(-c5cccc6oc7ccccc7c56)cc4)c3)ccc21. The number of para-hydroxylation sites is 1. The van der Waals surface area contributed by atoms with Gasteiger partial charge in [0.05, 0.1) is 0 Å². The molecule has 0 saturated heterocycles. The first-order valence-corrected chi connectivity index (χ1v) is 21.5. The molecule has 0 saturated carbocycles. The molecule has 0 radical (unpaired) electrons. The van der Waals surface area contributed by atoms with Crippen LogP contribution in [0.25, 0.3) is 86.6 Å². The van der Waals surface area contributed by atoms with Crippen molar-refractivity contribution >= 4 is 70.5 Å². The van der Waals surface area contributed by atoms with Crippen LogP contribution in [0, 0.1) is 0 Å². The van der Waals surface area contributed by atoms with Crippen molar-refractivity contribution in [3.63, 3.8) is 0 Å². The first-order chi connectivity index (χ1) is 29.5. The zero-order chi connectivity index (χ0) is 40.0. The summed E-state index contributed by atoms with van der Waals surface area (Å²) < 4.78 is 8.91. The van der Waals surface area contributed by atoms with Gasteiger partial charge in [0.1, 0.15) is 11.2 Å². The molecule has 0 amide bonds. The first kappa shape index (κ1) is 34.8. The van der Waals surface area contributed by atoms with Crippen molar-refractivity contribution in [1.82, 2.24) is 0 Å². The van der Waals surface area contributed by atoms with E-state index in [-0.39, 0.29) is 5.41 Å². The maximum atomic E-state index is 6.26. The van der Waals surface area contributed by atoms with Crippen molar-refractivity contribution in [2.75, 3.05) is 4.90 Å². The van der Waals surface area contributed by atoms with E-state index < -0.39 is 0 Å². The average Bonchev–Trinajstić information content (AvgIpc) is 3.94. The van der Waals surface area contributed by atoms with Gasteiger partial charge in [-0.3, -0.25) is 0 Å². The highest BCUT2D eigenvalue weighted by Crippen LogP contribution is 2.50. The van der Waals surface area contributed by atoms with E-state index in [2.05, 4.69) is 207 Å². The summed E-state index contributed by atoms with van der Waals surface area (Å²) in [4.78, 5) is 2.38. The van der Waals surface area contributed by atoms with Gasteiger partial charge >= 0.3 is 0 Å². The second-order valence-electron chi connectivity index (χ2n) is 16.5. The quantitative estimate of drug-likeness (QED) is 0.167. The Labute approximate surface area is 353 Å². The van der Waals surface area contributed by atoms with Gasteiger partial charge in [0.2, 0.25) is 0 Å². The second kappa shape index (κ2) is 13.4. The molecule has 60 heavy (non-hydrogen) atoms. The normalized spacial score (nSPS) is 13.0. The molecular weight excluding hydrogens is 747 g/mol. The lowest BCUT2D eigenvalue weighted by atomic mass is 9.82. The second-order valence-corrected chi connectivity index (χ2v) is 17.6. The average molecular weight is 786 g/mol. The van der Waals surface area contributed by atoms with Gasteiger partial charge in [0, 0.05) is 53.4 Å². The van der Waals surface area contributed by atoms with Crippen LogP contribution in [0.1, 0.15) is 25.0 Å². The summed E-state index contributed by atoms with van der Waals surface area (Å²) in [5, 5.41) is 4.91. The smallest absolute Gasteiger partial charge is 0.136 e. The molecule has 0 spiro atoms. The number of anilines is 3. The lowest BCUT2D eigenvalue weighted by Gasteiger charge is -2.26. The zero-order valence-corrected chi connectivity index (χ0v) is 34.1. The summed E-state index contributed by atoms with van der Waals surface area (Å²) in [5.41, 5.74) is 17.6. The van der Waals surface area contributed by atoms with Gasteiger partial charge in [0.15, 0.2) is 0 Å². The fourth-order valence-corrected chi connectivity index (χ4v) is 10.8. The topological polar surface area (TPSA) is 16.4 Å². The zero-order valence-electron chi connectivity index (χ0n) is 33.3. The van der Waals surface area contributed by atoms with Crippen LogP contribution in [0.4, 0.5) is 17.1 Å². The summed E-state index contributed by atoms with van der Waals surface area (Å²) in [6.07, 6.45) is 0. The fraction of sp³-hybridized carbons (Fsp3) is 0.0526. The van der Waals surface area contributed by atoms with E-state index in [1.54, 1.807) is 0 Å². The van der Waals surface area contributed by atoms with E-state index in [0.29, 0.717) is 0 Å². The van der Waals surface area contributed by atoms with Crippen molar-refractivity contribution in [1.29, 1.82) is 0 Å². The van der Waals surface area contributed by atoms with E-state index in [4.69, 9.17) is 4.42 Å². The number of fused-ring (bicyclic) bond motifs is 9. The molecule has 1 aliphatic rings. The standard InChI is InChI=1S/C57H39NOS/c1-57(2)50-17-6-3-13-45(50)48-34-40(25-31-51(48)57)38-11-9-12-43(33-38)58(41-27-21-36(22-28-41)39-26-32-55-49(35-39)46-14-5-8-20-54(46)60-55)42-29-23-37(24-30-42)44-16-10-19-53-56(44)47-15-4-7-18-52(47)59-53/h3-35H,1-2H3. The molecule has 0 unspecified atom stereocenters. The number of benzene rings is 9. The molecule has 12 rings (SSSR count). The van der Waals surface area contributed by atoms with Crippen molar-refractivity contribution < 1.29 is 4.42 Å². The Hall–Kier alpha value is -7.20. The molecule has 2 aromatic heterocycles. The van der Waals surface area contributed by atoms with Crippen molar-refractivity contribution in [2.45, 2.75) is 19.3 Å². The minimum absolute atomic E-state index is 0.0269. The van der Waals surface area contributed by atoms with Gasteiger partial charge in [-0.15, -0.1) is 11.3 Å². The van der Waals surface area contributed by atoms with E-state index >= 15 is 0 Å². The Morgan fingerprint density at radius 3 is 1.83 bits per heavy atom. The predicted molar refractivity (Wildman–Crippen MR) is 255 cm³/mol. The minimum atomic E-state index is -0.0269. The van der Waals surface area contributed by atoms with Crippen LogP contribution in [0.5, 0.6) is 0 Å². The van der Waals surface area contributed by atoms with E-state index in [9.17, 15) is 0 Å². The predicted octanol–water partition coefficient (Wildman–Crippen LogP) is 16.7. The monoisotopic (exact) mass is 785 g/mol. The molecule has 0 N–H and O–H groups in total. The molecule has 284 valence electrons. The fourth-order valence-electron chi connectivity index (χ4n) is 9.69. The van der Waals surface area contributed by atoms with Crippen LogP contribution in [-0.2, 0) is 5.41 Å². The van der Waals surface area contributed by atoms with Gasteiger partial charge in [-0.2, -0.15) is 0 Å². The number of nitrogens with zero attached hydrogens (tertiary/aromatic N) is 1. The molecular formula is C57H39NOS. The highest BCUT2D eigenvalue weighted by atomic mass is 32.1. The molecule has 9 aromatic carbocycles. The molecule has 0 bridgehead atoms. The number of furan rings is 1. The van der Waals surface area contributed by atoms with Crippen LogP contribution < -0.4 is 4.90 Å². The highest BCUT2D eigenvalue weighted by Gasteiger charge is 2.35. The summed E-state index contributed by atoms with van der Waals surface area (Å²) in [6, 6.07) is 73.2. The van der Waals surface area contributed by atoms with E-state index in [1.165, 1.54) is 70.2 Å². The molecule has 0 atom stereocenters. The third-order valence-corrected chi connectivity index (χ3v) is 13.8. The maximum absolute atomic E-state index is 6.26. The van der Waals surface area contributed by atoms with Gasteiger partial charge in [-0.25, -0.2) is 0 Å². The van der Waals surface area contributed by atoms with Crippen molar-refractivity contribution in [2.24, 2.45) is 0 Å². The lowest BCUT2D eigenvalue weighted by molar-refractivity contribution is 0.660. The maximum Gasteiger partial charge on any atom is 0.136 e. The lowest BCUT2D eigenvalue weighted by Crippen LogP contribution is -2.14. The number of hydrogen-bond acceptors (Lipinski definition) is 3. The van der Waals surface area contributed by atoms with Crippen LogP contribution >= 0.6 is 11.3 Å². The van der Waals surface area contributed by atoms with E-state index in [0.717, 1.165) is 44.6 Å². The van der Waals surface area contributed by atoms with Crippen LogP contribution in [0.3, 0.4) is 0 Å². The Morgan fingerprint density at radius 2 is 0.983 bits per heavy atom. The van der Waals surface area contributed by atoms with E-state index in [1.807, 2.05) is 23.5 Å². The molecule has 2 heterocycles. The third-order valence-electron chi connectivity index (χ3n) is 12.7. The molecule has 1 aliphatic carbocycles. The molecule has 0 fully saturated rings. The molecule has 3 heteroatoms. The summed E-state index contributed by atoms with van der Waals surface area (Å²) >= 11 is 1.86. The van der Waals surface area contributed by atoms with Crippen molar-refractivity contribution in [3.05, 3.63) is 211 Å². The first-order valence-electron chi connectivity index (χ1n) is 20.7. The number of rotatable bonds is 6. The Bertz CT molecular complexity index is 3460. The van der Waals surface area contributed by atoms with Gasteiger partial charge in [0.25, 0.3) is 0 Å². The van der Waals surface area contributed by atoms with Gasteiger partial charge < -0.3 is 9.32 Å². The summed E-state index contributed by atoms with van der Waals surface area (Å²) in [5.74, 6) is 0. The third kappa shape index (κ3) is 5.47. The molecule has 0 aliphatic heterocycles.